The molecule has 6 nitrogen and oxygen atoms in total. The Bertz CT molecular complexity index is 486. The summed E-state index contributed by atoms with van der Waals surface area (Å²) in [6.45, 7) is 6.14. The molecule has 3 heterocycles. The van der Waals surface area contributed by atoms with Gasteiger partial charge in [-0.3, -0.25) is 9.89 Å². The zero-order valence-electron chi connectivity index (χ0n) is 16.3. The van der Waals surface area contributed by atoms with Crippen molar-refractivity contribution in [2.24, 2.45) is 10.4 Å². The van der Waals surface area contributed by atoms with E-state index in [9.17, 15) is 0 Å². The Labute approximate surface area is 158 Å². The highest BCUT2D eigenvalue weighted by Gasteiger charge is 2.41. The molecule has 4 rings (SSSR count). The molecule has 4 fully saturated rings. The van der Waals surface area contributed by atoms with Crippen LogP contribution in [0.2, 0.25) is 0 Å². The number of hydrogen-bond acceptors (Lipinski definition) is 4. The predicted molar refractivity (Wildman–Crippen MR) is 104 cm³/mol. The third-order valence-corrected chi connectivity index (χ3v) is 6.86. The molecule has 0 radical (unpaired) electrons. The third-order valence-electron chi connectivity index (χ3n) is 6.86. The highest BCUT2D eigenvalue weighted by molar-refractivity contribution is 5.80. The molecule has 0 aromatic carbocycles. The molecule has 1 saturated carbocycles. The van der Waals surface area contributed by atoms with Crippen LogP contribution in [0.4, 0.5) is 0 Å². The highest BCUT2D eigenvalue weighted by atomic mass is 16.5. The second-order valence-electron chi connectivity index (χ2n) is 8.74. The van der Waals surface area contributed by atoms with Gasteiger partial charge in [-0.05, 0) is 32.1 Å². The van der Waals surface area contributed by atoms with E-state index in [0.29, 0.717) is 23.7 Å². The quantitative estimate of drug-likeness (QED) is 0.575. The van der Waals surface area contributed by atoms with Crippen molar-refractivity contribution in [2.75, 3.05) is 46.4 Å². The minimum absolute atomic E-state index is 0.373. The Balaban J connectivity index is 1.32. The summed E-state index contributed by atoms with van der Waals surface area (Å²) in [5.41, 5.74) is 0.373. The molecule has 0 amide bonds. The molecule has 0 spiro atoms. The maximum absolute atomic E-state index is 5.98. The summed E-state index contributed by atoms with van der Waals surface area (Å²) in [6.07, 6.45) is 11.2. The average molecular weight is 365 g/mol. The standard InChI is InChI=1S/C20H36N4O2/c1-21-19(23-17-13-16-5-6-18(17)26-16)22-14-20(7-3-2-4-8-20)15-24-9-11-25-12-10-24/h16-18H,2-15H2,1H3,(H2,21,22,23). The Morgan fingerprint density at radius 2 is 1.96 bits per heavy atom. The van der Waals surface area contributed by atoms with Gasteiger partial charge in [-0.1, -0.05) is 19.3 Å². The lowest BCUT2D eigenvalue weighted by Gasteiger charge is -2.42. The third kappa shape index (κ3) is 4.34. The zero-order valence-corrected chi connectivity index (χ0v) is 16.3. The van der Waals surface area contributed by atoms with Crippen LogP contribution in [-0.2, 0) is 9.47 Å². The molecule has 3 atom stereocenters. The molecule has 3 saturated heterocycles. The fraction of sp³-hybridized carbons (Fsp3) is 0.950. The molecule has 6 heteroatoms. The van der Waals surface area contributed by atoms with Gasteiger partial charge in [-0.15, -0.1) is 0 Å². The second kappa shape index (κ2) is 8.44. The maximum Gasteiger partial charge on any atom is 0.191 e. The van der Waals surface area contributed by atoms with Crippen molar-refractivity contribution >= 4 is 5.96 Å². The molecule has 1 aliphatic carbocycles. The van der Waals surface area contributed by atoms with Crippen LogP contribution in [-0.4, -0.2) is 75.5 Å². The molecule has 3 aliphatic heterocycles. The van der Waals surface area contributed by atoms with E-state index in [0.717, 1.165) is 45.2 Å². The lowest BCUT2D eigenvalue weighted by atomic mass is 9.73. The molecule has 148 valence electrons. The van der Waals surface area contributed by atoms with E-state index < -0.39 is 0 Å². The largest absolute Gasteiger partial charge is 0.379 e. The molecule has 26 heavy (non-hydrogen) atoms. The van der Waals surface area contributed by atoms with E-state index in [1.54, 1.807) is 0 Å². The Morgan fingerprint density at radius 3 is 2.62 bits per heavy atom. The number of rotatable bonds is 5. The van der Waals surface area contributed by atoms with E-state index in [-0.39, 0.29) is 0 Å². The first-order chi connectivity index (χ1) is 12.8. The number of hydrogen-bond donors (Lipinski definition) is 2. The Morgan fingerprint density at radius 1 is 1.15 bits per heavy atom. The minimum Gasteiger partial charge on any atom is -0.379 e. The van der Waals surface area contributed by atoms with Crippen molar-refractivity contribution in [3.63, 3.8) is 0 Å². The highest BCUT2D eigenvalue weighted by Crippen LogP contribution is 2.37. The van der Waals surface area contributed by atoms with Crippen LogP contribution in [0, 0.1) is 5.41 Å². The first-order valence-corrected chi connectivity index (χ1v) is 10.7. The summed E-state index contributed by atoms with van der Waals surface area (Å²) in [4.78, 5) is 7.11. The first-order valence-electron chi connectivity index (χ1n) is 10.7. The van der Waals surface area contributed by atoms with Gasteiger partial charge >= 0.3 is 0 Å². The topological polar surface area (TPSA) is 58.1 Å². The van der Waals surface area contributed by atoms with E-state index in [1.165, 1.54) is 51.5 Å². The van der Waals surface area contributed by atoms with Crippen LogP contribution >= 0.6 is 0 Å². The van der Waals surface area contributed by atoms with Crippen molar-refractivity contribution in [2.45, 2.75) is 69.6 Å². The SMILES string of the molecule is CN=C(NCC1(CN2CCOCC2)CCCCC1)NC1CC2CCC1O2. The number of morpholine rings is 1. The average Bonchev–Trinajstić information content (AvgIpc) is 3.30. The summed E-state index contributed by atoms with van der Waals surface area (Å²) in [5.74, 6) is 0.957. The van der Waals surface area contributed by atoms with Gasteiger partial charge in [0.25, 0.3) is 0 Å². The van der Waals surface area contributed by atoms with Crippen LogP contribution in [0.3, 0.4) is 0 Å². The van der Waals surface area contributed by atoms with Crippen molar-refractivity contribution in [3.05, 3.63) is 0 Å². The normalized spacial score (nSPS) is 34.8. The number of fused-ring (bicyclic) bond motifs is 2. The van der Waals surface area contributed by atoms with E-state index in [1.807, 2.05) is 7.05 Å². The molecule has 0 aromatic rings. The van der Waals surface area contributed by atoms with E-state index in [4.69, 9.17) is 9.47 Å². The van der Waals surface area contributed by atoms with Crippen LogP contribution in [0.1, 0.15) is 51.4 Å². The molecule has 3 unspecified atom stereocenters. The Hall–Kier alpha value is -0.850. The van der Waals surface area contributed by atoms with Crippen molar-refractivity contribution in [1.29, 1.82) is 0 Å². The minimum atomic E-state index is 0.373. The number of guanidine groups is 1. The maximum atomic E-state index is 5.98. The fourth-order valence-electron chi connectivity index (χ4n) is 5.36. The van der Waals surface area contributed by atoms with Gasteiger partial charge in [-0.25, -0.2) is 0 Å². The molecule has 0 aromatic heterocycles. The molecular formula is C20H36N4O2. The molecule has 2 N–H and O–H groups in total. The van der Waals surface area contributed by atoms with Crippen LogP contribution in [0.15, 0.2) is 4.99 Å². The van der Waals surface area contributed by atoms with Gasteiger partial charge in [-0.2, -0.15) is 0 Å². The fourth-order valence-corrected chi connectivity index (χ4v) is 5.36. The summed E-state index contributed by atoms with van der Waals surface area (Å²) >= 11 is 0. The van der Waals surface area contributed by atoms with Crippen molar-refractivity contribution in [1.82, 2.24) is 15.5 Å². The molecule has 2 bridgehead atoms. The number of aliphatic imine (C=N–C) groups is 1. The van der Waals surface area contributed by atoms with Gasteiger partial charge in [0.1, 0.15) is 0 Å². The lowest BCUT2D eigenvalue weighted by molar-refractivity contribution is 0.00818. The van der Waals surface area contributed by atoms with Crippen LogP contribution < -0.4 is 10.6 Å². The van der Waals surface area contributed by atoms with E-state index in [2.05, 4.69) is 20.5 Å². The zero-order chi connectivity index (χ0) is 17.8. The number of nitrogens with one attached hydrogen (secondary N) is 2. The predicted octanol–water partition coefficient (Wildman–Crippen LogP) is 1.75. The summed E-state index contributed by atoms with van der Waals surface area (Å²) in [7, 11) is 1.89. The second-order valence-corrected chi connectivity index (χ2v) is 8.74. The smallest absolute Gasteiger partial charge is 0.191 e. The lowest BCUT2D eigenvalue weighted by Crippen LogP contribution is -2.53. The van der Waals surface area contributed by atoms with Gasteiger partial charge in [0.2, 0.25) is 0 Å². The van der Waals surface area contributed by atoms with E-state index >= 15 is 0 Å². The van der Waals surface area contributed by atoms with Crippen molar-refractivity contribution < 1.29 is 9.47 Å². The molecule has 4 aliphatic rings. The van der Waals surface area contributed by atoms with Crippen LogP contribution in [0.25, 0.3) is 0 Å². The van der Waals surface area contributed by atoms with Gasteiger partial charge in [0.15, 0.2) is 5.96 Å². The number of nitrogens with zero attached hydrogens (tertiary/aromatic N) is 2. The van der Waals surface area contributed by atoms with Gasteiger partial charge < -0.3 is 20.1 Å². The van der Waals surface area contributed by atoms with Gasteiger partial charge in [0, 0.05) is 38.6 Å². The number of ether oxygens (including phenoxy) is 2. The Kier molecular flexibility index (Phi) is 6.01. The first kappa shape index (κ1) is 18.5. The summed E-state index contributed by atoms with van der Waals surface area (Å²) in [5, 5.41) is 7.32. The summed E-state index contributed by atoms with van der Waals surface area (Å²) in [6, 6.07) is 0.432. The monoisotopic (exact) mass is 364 g/mol. The van der Waals surface area contributed by atoms with Crippen molar-refractivity contribution in [3.8, 4) is 0 Å². The molecular weight excluding hydrogens is 328 g/mol. The van der Waals surface area contributed by atoms with Gasteiger partial charge in [0.05, 0.1) is 31.5 Å². The summed E-state index contributed by atoms with van der Waals surface area (Å²) < 4.78 is 11.5. The van der Waals surface area contributed by atoms with Crippen LogP contribution in [0.5, 0.6) is 0 Å².